The van der Waals surface area contributed by atoms with Crippen LogP contribution in [0.25, 0.3) is 0 Å². The number of hydrogen-bond donors (Lipinski definition) is 2. The van der Waals surface area contributed by atoms with Crippen LogP contribution >= 0.6 is 0 Å². The molecular formula is C26H23F7N2O3. The maximum Gasteiger partial charge on any atom is 0.419 e. The van der Waals surface area contributed by atoms with Crippen LogP contribution in [-0.4, -0.2) is 31.1 Å². The number of ether oxygens (including phenoxy) is 1. The lowest BCUT2D eigenvalue weighted by atomic mass is 9.83. The van der Waals surface area contributed by atoms with Crippen molar-refractivity contribution in [1.29, 1.82) is 0 Å². The van der Waals surface area contributed by atoms with Gasteiger partial charge in [-0.15, -0.1) is 0 Å². The van der Waals surface area contributed by atoms with Crippen LogP contribution in [0.4, 0.5) is 36.4 Å². The van der Waals surface area contributed by atoms with Crippen LogP contribution in [0.5, 0.6) is 0 Å². The van der Waals surface area contributed by atoms with E-state index in [4.69, 9.17) is 4.74 Å². The molecule has 204 valence electrons. The number of carbonyl (C=O) groups is 2. The summed E-state index contributed by atoms with van der Waals surface area (Å²) in [5.41, 5.74) is -1.55. The van der Waals surface area contributed by atoms with Crippen molar-refractivity contribution in [2.75, 3.05) is 12.4 Å². The standard InChI is InChI=1S/C26H23F7N2O3/c1-38-22(13-5-3-2-4-6-13)24(37)35-21-16-9-8-15(17(16)12-25(28,29)30)20(21)23(36)34-14-7-10-19(27)18(11-14)26(31,32)33/h2-7,10-12,15-16,20-22H,8-9H2,1H3,(H,34,36)(H,35,37)/b17-12-/t15-,16+,20-,21+,22-/m0/s1. The normalized spacial score (nSPS) is 24.9. The van der Waals surface area contributed by atoms with Gasteiger partial charge < -0.3 is 15.4 Å². The average molecular weight is 544 g/mol. The van der Waals surface area contributed by atoms with Crippen molar-refractivity contribution in [3.05, 3.63) is 77.1 Å². The Morgan fingerprint density at radius 2 is 1.66 bits per heavy atom. The van der Waals surface area contributed by atoms with Crippen molar-refractivity contribution in [2.45, 2.75) is 37.3 Å². The molecule has 0 spiro atoms. The van der Waals surface area contributed by atoms with Gasteiger partial charge in [-0.25, -0.2) is 4.39 Å². The number of methoxy groups -OCH3 is 1. The van der Waals surface area contributed by atoms with Crippen molar-refractivity contribution in [2.24, 2.45) is 17.8 Å². The fourth-order valence-corrected chi connectivity index (χ4v) is 5.49. The van der Waals surface area contributed by atoms with Crippen LogP contribution in [0, 0.1) is 23.6 Å². The van der Waals surface area contributed by atoms with E-state index < -0.39 is 65.4 Å². The maximum absolute atomic E-state index is 13.7. The molecule has 38 heavy (non-hydrogen) atoms. The predicted octanol–water partition coefficient (Wildman–Crippen LogP) is 5.80. The van der Waals surface area contributed by atoms with Crippen LogP contribution in [0.2, 0.25) is 0 Å². The molecule has 2 N–H and O–H groups in total. The zero-order chi connectivity index (χ0) is 27.8. The number of halogens is 7. The first-order valence-corrected chi connectivity index (χ1v) is 11.6. The second-order valence-electron chi connectivity index (χ2n) is 9.24. The molecule has 2 fully saturated rings. The molecule has 2 aromatic carbocycles. The highest BCUT2D eigenvalue weighted by Gasteiger charge is 2.56. The van der Waals surface area contributed by atoms with Gasteiger partial charge in [-0.2, -0.15) is 26.3 Å². The molecule has 2 bridgehead atoms. The molecule has 0 heterocycles. The third kappa shape index (κ3) is 5.69. The highest BCUT2D eigenvalue weighted by molar-refractivity contribution is 5.95. The lowest BCUT2D eigenvalue weighted by molar-refractivity contribution is -0.140. The molecule has 2 saturated carbocycles. The van der Waals surface area contributed by atoms with Crippen molar-refractivity contribution >= 4 is 17.5 Å². The van der Waals surface area contributed by atoms with E-state index in [0.29, 0.717) is 17.7 Å². The summed E-state index contributed by atoms with van der Waals surface area (Å²) in [6.45, 7) is 0. The molecule has 0 radical (unpaired) electrons. The van der Waals surface area contributed by atoms with E-state index in [-0.39, 0.29) is 30.2 Å². The van der Waals surface area contributed by atoms with E-state index in [2.05, 4.69) is 10.6 Å². The predicted molar refractivity (Wildman–Crippen MR) is 122 cm³/mol. The Hall–Kier alpha value is -3.41. The molecular weight excluding hydrogens is 521 g/mol. The van der Waals surface area contributed by atoms with Gasteiger partial charge in [-0.3, -0.25) is 9.59 Å². The minimum Gasteiger partial charge on any atom is -0.367 e. The second kappa shape index (κ2) is 10.4. The number of fused-ring (bicyclic) bond motifs is 2. The van der Waals surface area contributed by atoms with Gasteiger partial charge in [-0.1, -0.05) is 35.9 Å². The summed E-state index contributed by atoms with van der Waals surface area (Å²) >= 11 is 0. The number of hydrogen-bond acceptors (Lipinski definition) is 3. The quantitative estimate of drug-likeness (QED) is 0.357. The number of alkyl halides is 6. The second-order valence-corrected chi connectivity index (χ2v) is 9.24. The van der Waals surface area contributed by atoms with Crippen molar-refractivity contribution in [3.63, 3.8) is 0 Å². The molecule has 2 aromatic rings. The third-order valence-corrected chi connectivity index (χ3v) is 6.96. The van der Waals surface area contributed by atoms with E-state index in [0.717, 1.165) is 6.07 Å². The van der Waals surface area contributed by atoms with E-state index in [9.17, 15) is 40.3 Å². The number of allylic oxidation sites excluding steroid dienone is 1. The van der Waals surface area contributed by atoms with Crippen LogP contribution in [0.15, 0.2) is 60.2 Å². The van der Waals surface area contributed by atoms with Gasteiger partial charge in [0.05, 0.1) is 11.5 Å². The number of carbonyl (C=O) groups excluding carboxylic acids is 2. The highest BCUT2D eigenvalue weighted by atomic mass is 19.4. The third-order valence-electron chi connectivity index (χ3n) is 6.96. The first-order valence-electron chi connectivity index (χ1n) is 11.6. The zero-order valence-electron chi connectivity index (χ0n) is 19.9. The summed E-state index contributed by atoms with van der Waals surface area (Å²) in [5, 5.41) is 4.94. The molecule has 0 aromatic heterocycles. The number of nitrogens with one attached hydrogen (secondary N) is 2. The van der Waals surface area contributed by atoms with Gasteiger partial charge >= 0.3 is 12.4 Å². The Labute approximate surface area is 213 Å². The Morgan fingerprint density at radius 3 is 2.26 bits per heavy atom. The van der Waals surface area contributed by atoms with Crippen molar-refractivity contribution < 1.29 is 45.1 Å². The highest BCUT2D eigenvalue weighted by Crippen LogP contribution is 2.54. The zero-order valence-corrected chi connectivity index (χ0v) is 19.9. The minimum atomic E-state index is -5.02. The number of rotatable bonds is 6. The lowest BCUT2D eigenvalue weighted by Crippen LogP contribution is -2.49. The number of amides is 2. The molecule has 0 unspecified atom stereocenters. The largest absolute Gasteiger partial charge is 0.419 e. The Kier molecular flexibility index (Phi) is 7.55. The number of anilines is 1. The SMILES string of the molecule is CO[C@H](C(=O)N[C@H]1[C@@H](C(=O)Nc2ccc(F)c(C(F)(F)F)c2)[C@H]2CC[C@@H]1/C2=C\C(F)(F)F)c1ccccc1. The van der Waals surface area contributed by atoms with E-state index >= 15 is 0 Å². The summed E-state index contributed by atoms with van der Waals surface area (Å²) in [6.07, 6.45) is -10.2. The Bertz CT molecular complexity index is 1230. The van der Waals surface area contributed by atoms with Gasteiger partial charge in [0.25, 0.3) is 5.91 Å². The van der Waals surface area contributed by atoms with Crippen molar-refractivity contribution in [1.82, 2.24) is 5.32 Å². The lowest BCUT2D eigenvalue weighted by Gasteiger charge is -2.31. The molecule has 2 aliphatic rings. The van der Waals surface area contributed by atoms with Crippen LogP contribution in [0.1, 0.15) is 30.1 Å². The van der Waals surface area contributed by atoms with Gasteiger partial charge in [0, 0.05) is 30.8 Å². The van der Waals surface area contributed by atoms with E-state index in [1.807, 2.05) is 0 Å². The Morgan fingerprint density at radius 1 is 1.00 bits per heavy atom. The van der Waals surface area contributed by atoms with Crippen LogP contribution in [-0.2, 0) is 20.5 Å². The smallest absolute Gasteiger partial charge is 0.367 e. The molecule has 5 nitrogen and oxygen atoms in total. The fourth-order valence-electron chi connectivity index (χ4n) is 5.49. The van der Waals surface area contributed by atoms with Gasteiger partial charge in [-0.05, 0) is 42.5 Å². The molecule has 5 atom stereocenters. The molecule has 12 heteroatoms. The van der Waals surface area contributed by atoms with Gasteiger partial charge in [0.15, 0.2) is 6.10 Å². The molecule has 2 aliphatic carbocycles. The summed E-state index contributed by atoms with van der Waals surface area (Å²) in [5.74, 6) is -6.02. The summed E-state index contributed by atoms with van der Waals surface area (Å²) in [4.78, 5) is 26.4. The molecule has 4 rings (SSSR count). The van der Waals surface area contributed by atoms with Gasteiger partial charge in [0.1, 0.15) is 5.82 Å². The summed E-state index contributed by atoms with van der Waals surface area (Å²) < 4.78 is 98.3. The Balaban J connectivity index is 1.64. The molecule has 2 amide bonds. The van der Waals surface area contributed by atoms with Crippen LogP contribution in [0.3, 0.4) is 0 Å². The van der Waals surface area contributed by atoms with Crippen LogP contribution < -0.4 is 10.6 Å². The van der Waals surface area contributed by atoms with Crippen molar-refractivity contribution in [3.8, 4) is 0 Å². The van der Waals surface area contributed by atoms with E-state index in [1.54, 1.807) is 30.3 Å². The number of benzene rings is 2. The molecule has 0 saturated heterocycles. The van der Waals surface area contributed by atoms with Gasteiger partial charge in [0.2, 0.25) is 5.91 Å². The first-order chi connectivity index (χ1) is 17.8. The maximum atomic E-state index is 13.7. The first kappa shape index (κ1) is 27.6. The summed E-state index contributed by atoms with van der Waals surface area (Å²) in [7, 11) is 1.28. The topological polar surface area (TPSA) is 67.4 Å². The average Bonchev–Trinajstić information content (AvgIpc) is 3.33. The van der Waals surface area contributed by atoms with E-state index in [1.165, 1.54) is 7.11 Å². The molecule has 0 aliphatic heterocycles. The summed E-state index contributed by atoms with van der Waals surface area (Å²) in [6, 6.07) is 9.12. The monoisotopic (exact) mass is 544 g/mol. The minimum absolute atomic E-state index is 0.0493. The fraction of sp³-hybridized carbons (Fsp3) is 0.385.